The Labute approximate surface area is 153 Å². The average molecular weight is 368 g/mol. The van der Waals surface area contributed by atoms with Crippen molar-refractivity contribution in [1.82, 2.24) is 5.32 Å². The Bertz CT molecular complexity index is 655. The van der Waals surface area contributed by atoms with Gasteiger partial charge < -0.3 is 15.2 Å². The van der Waals surface area contributed by atoms with Crippen molar-refractivity contribution in [3.05, 3.63) is 63.1 Å². The van der Waals surface area contributed by atoms with Gasteiger partial charge in [-0.1, -0.05) is 60.0 Å². The number of hydrogen-bond donors (Lipinski definition) is 2. The van der Waals surface area contributed by atoms with Gasteiger partial charge in [-0.25, -0.2) is 0 Å². The number of benzene rings is 2. The Kier molecular flexibility index (Phi) is 7.38. The van der Waals surface area contributed by atoms with Crippen LogP contribution < -0.4 is 10.1 Å². The monoisotopic (exact) mass is 367 g/mol. The second-order valence-electron chi connectivity index (χ2n) is 5.82. The van der Waals surface area contributed by atoms with E-state index in [2.05, 4.69) is 24.4 Å². The van der Waals surface area contributed by atoms with Crippen molar-refractivity contribution in [2.24, 2.45) is 0 Å². The lowest BCUT2D eigenvalue weighted by Gasteiger charge is -2.18. The number of hydrogen-bond acceptors (Lipinski definition) is 3. The number of aliphatic hydroxyl groups is 1. The van der Waals surface area contributed by atoms with Gasteiger partial charge in [-0.2, -0.15) is 0 Å². The van der Waals surface area contributed by atoms with Crippen LogP contribution in [0.1, 0.15) is 30.0 Å². The lowest BCUT2D eigenvalue weighted by Crippen LogP contribution is -2.31. The molecule has 0 spiro atoms. The minimum Gasteiger partial charge on any atom is -0.487 e. The van der Waals surface area contributed by atoms with Crippen molar-refractivity contribution in [2.45, 2.75) is 39.5 Å². The van der Waals surface area contributed by atoms with Gasteiger partial charge in [0.2, 0.25) is 0 Å². The molecule has 5 heteroatoms. The van der Waals surface area contributed by atoms with Crippen LogP contribution in [0.25, 0.3) is 0 Å². The third-order valence-electron chi connectivity index (χ3n) is 3.88. The van der Waals surface area contributed by atoms with Gasteiger partial charge >= 0.3 is 0 Å². The number of rotatable bonds is 8. The molecule has 2 N–H and O–H groups in total. The Hall–Kier alpha value is -1.26. The summed E-state index contributed by atoms with van der Waals surface area (Å²) in [5.41, 5.74) is 3.17. The quantitative estimate of drug-likeness (QED) is 0.707. The SMILES string of the molecule is CC[C@@H](CO)NCc1cc(Cl)cc(Cl)c1OCc1ccc(C)cc1. The molecule has 0 amide bonds. The molecule has 0 aliphatic heterocycles. The van der Waals surface area contributed by atoms with E-state index in [0.29, 0.717) is 28.9 Å². The molecule has 0 saturated carbocycles. The molecule has 0 saturated heterocycles. The van der Waals surface area contributed by atoms with Gasteiger partial charge in [-0.3, -0.25) is 0 Å². The summed E-state index contributed by atoms with van der Waals surface area (Å²) in [6.45, 7) is 5.13. The molecule has 0 heterocycles. The minimum absolute atomic E-state index is 0.0349. The number of halogens is 2. The predicted molar refractivity (Wildman–Crippen MR) is 100.0 cm³/mol. The Balaban J connectivity index is 2.13. The lowest BCUT2D eigenvalue weighted by molar-refractivity contribution is 0.237. The molecule has 0 bridgehead atoms. The summed E-state index contributed by atoms with van der Waals surface area (Å²) in [5.74, 6) is 0.627. The number of aryl methyl sites for hydroxylation is 1. The highest BCUT2D eigenvalue weighted by Crippen LogP contribution is 2.33. The first kappa shape index (κ1) is 19.1. The van der Waals surface area contributed by atoms with E-state index in [1.54, 1.807) is 6.07 Å². The number of ether oxygens (including phenoxy) is 1. The maximum absolute atomic E-state index is 9.31. The highest BCUT2D eigenvalue weighted by atomic mass is 35.5. The summed E-state index contributed by atoms with van der Waals surface area (Å²) >= 11 is 12.4. The fraction of sp³-hybridized carbons (Fsp3) is 0.368. The number of nitrogens with one attached hydrogen (secondary N) is 1. The Morgan fingerprint density at radius 3 is 2.50 bits per heavy atom. The predicted octanol–water partition coefficient (Wildman–Crippen LogP) is 4.74. The molecule has 2 aromatic rings. The van der Waals surface area contributed by atoms with Crippen molar-refractivity contribution >= 4 is 23.2 Å². The summed E-state index contributed by atoms with van der Waals surface area (Å²) in [5, 5.41) is 13.7. The first-order valence-electron chi connectivity index (χ1n) is 8.04. The fourth-order valence-electron chi connectivity index (χ4n) is 2.34. The van der Waals surface area contributed by atoms with Gasteiger partial charge in [0.1, 0.15) is 12.4 Å². The highest BCUT2D eigenvalue weighted by molar-refractivity contribution is 6.35. The van der Waals surface area contributed by atoms with Crippen LogP contribution in [-0.2, 0) is 13.2 Å². The standard InChI is InChI=1S/C19H23Cl2NO2/c1-3-17(11-23)22-10-15-8-16(20)9-18(21)19(15)24-12-14-6-4-13(2)5-7-14/h4-9,17,22-23H,3,10-12H2,1-2H3/t17-/m0/s1. The van der Waals surface area contributed by atoms with E-state index < -0.39 is 0 Å². The van der Waals surface area contributed by atoms with E-state index in [0.717, 1.165) is 17.5 Å². The summed E-state index contributed by atoms with van der Waals surface area (Å²) in [4.78, 5) is 0. The minimum atomic E-state index is 0.0349. The normalized spacial score (nSPS) is 12.2. The molecule has 130 valence electrons. The summed E-state index contributed by atoms with van der Waals surface area (Å²) in [6.07, 6.45) is 0.838. The average Bonchev–Trinajstić information content (AvgIpc) is 2.56. The first-order chi connectivity index (χ1) is 11.5. The molecule has 2 aromatic carbocycles. The molecule has 0 radical (unpaired) electrons. The van der Waals surface area contributed by atoms with E-state index >= 15 is 0 Å². The van der Waals surface area contributed by atoms with E-state index in [1.807, 2.05) is 25.1 Å². The third-order valence-corrected chi connectivity index (χ3v) is 4.38. The molecular formula is C19H23Cl2NO2. The molecule has 0 fully saturated rings. The highest BCUT2D eigenvalue weighted by Gasteiger charge is 2.13. The van der Waals surface area contributed by atoms with E-state index in [4.69, 9.17) is 27.9 Å². The molecular weight excluding hydrogens is 345 g/mol. The van der Waals surface area contributed by atoms with Gasteiger partial charge in [-0.15, -0.1) is 0 Å². The van der Waals surface area contributed by atoms with Crippen LogP contribution >= 0.6 is 23.2 Å². The fourth-order valence-corrected chi connectivity index (χ4v) is 2.93. The molecule has 0 unspecified atom stereocenters. The molecule has 24 heavy (non-hydrogen) atoms. The third kappa shape index (κ3) is 5.38. The van der Waals surface area contributed by atoms with Crippen molar-refractivity contribution in [1.29, 1.82) is 0 Å². The second-order valence-corrected chi connectivity index (χ2v) is 6.66. The lowest BCUT2D eigenvalue weighted by atomic mass is 10.1. The van der Waals surface area contributed by atoms with Gasteiger partial charge in [0, 0.05) is 23.2 Å². The van der Waals surface area contributed by atoms with Crippen LogP contribution in [0.4, 0.5) is 0 Å². The van der Waals surface area contributed by atoms with E-state index in [-0.39, 0.29) is 12.6 Å². The van der Waals surface area contributed by atoms with Crippen molar-refractivity contribution in [3.63, 3.8) is 0 Å². The zero-order valence-electron chi connectivity index (χ0n) is 14.0. The zero-order chi connectivity index (χ0) is 17.5. The van der Waals surface area contributed by atoms with Gasteiger partial charge in [-0.05, 0) is 31.0 Å². The second kappa shape index (κ2) is 9.28. The van der Waals surface area contributed by atoms with Crippen LogP contribution in [0, 0.1) is 6.92 Å². The van der Waals surface area contributed by atoms with Crippen LogP contribution in [0.5, 0.6) is 5.75 Å². The van der Waals surface area contributed by atoms with Crippen molar-refractivity contribution < 1.29 is 9.84 Å². The van der Waals surface area contributed by atoms with Gasteiger partial charge in [0.05, 0.1) is 11.6 Å². The summed E-state index contributed by atoms with van der Waals surface area (Å²) < 4.78 is 5.96. The Morgan fingerprint density at radius 2 is 1.88 bits per heavy atom. The molecule has 1 atom stereocenters. The topological polar surface area (TPSA) is 41.5 Å². The van der Waals surface area contributed by atoms with Crippen LogP contribution in [0.3, 0.4) is 0 Å². The summed E-state index contributed by atoms with van der Waals surface area (Å²) in [6, 6.07) is 11.7. The van der Waals surface area contributed by atoms with Crippen LogP contribution in [0.15, 0.2) is 36.4 Å². The molecule has 2 rings (SSSR count). The van der Waals surface area contributed by atoms with E-state index in [1.165, 1.54) is 5.56 Å². The van der Waals surface area contributed by atoms with Crippen LogP contribution in [-0.4, -0.2) is 17.8 Å². The van der Waals surface area contributed by atoms with Crippen molar-refractivity contribution in [3.8, 4) is 5.75 Å². The first-order valence-corrected chi connectivity index (χ1v) is 8.79. The maximum Gasteiger partial charge on any atom is 0.142 e. The Morgan fingerprint density at radius 1 is 1.17 bits per heavy atom. The largest absolute Gasteiger partial charge is 0.487 e. The van der Waals surface area contributed by atoms with E-state index in [9.17, 15) is 5.11 Å². The molecule has 0 aliphatic carbocycles. The maximum atomic E-state index is 9.31. The zero-order valence-corrected chi connectivity index (χ0v) is 15.5. The smallest absolute Gasteiger partial charge is 0.142 e. The molecule has 0 aliphatic rings. The van der Waals surface area contributed by atoms with Gasteiger partial charge in [0.25, 0.3) is 0 Å². The number of aliphatic hydroxyl groups excluding tert-OH is 1. The summed E-state index contributed by atoms with van der Waals surface area (Å²) in [7, 11) is 0. The molecule has 3 nitrogen and oxygen atoms in total. The van der Waals surface area contributed by atoms with Crippen molar-refractivity contribution in [2.75, 3.05) is 6.61 Å². The van der Waals surface area contributed by atoms with Crippen LogP contribution in [0.2, 0.25) is 10.0 Å². The molecule has 0 aromatic heterocycles. The van der Waals surface area contributed by atoms with Gasteiger partial charge in [0.15, 0.2) is 0 Å².